The normalized spacial score (nSPS) is 17.7. The molecule has 0 atom stereocenters. The van der Waals surface area contributed by atoms with E-state index >= 15 is 0 Å². The Hall–Kier alpha value is -2.64. The molecule has 0 bridgehead atoms. The third-order valence-electron chi connectivity index (χ3n) is 5.54. The Balaban J connectivity index is 1.71. The van der Waals surface area contributed by atoms with Gasteiger partial charge in [-0.05, 0) is 46.1 Å². The van der Waals surface area contributed by atoms with Crippen molar-refractivity contribution in [1.29, 1.82) is 0 Å². The number of pyridine rings is 1. The highest BCUT2D eigenvalue weighted by molar-refractivity contribution is 5.99. The molecule has 1 aromatic heterocycles. The first-order chi connectivity index (χ1) is 14.1. The third kappa shape index (κ3) is 4.74. The van der Waals surface area contributed by atoms with Gasteiger partial charge in [-0.1, -0.05) is 13.3 Å². The molecule has 1 N–H and O–H groups in total. The standard InChI is InChI=1S/C22H31N3O5/c1-5-6-17-16(20(27)28)13-15-18(23-17)9-12-25(19(15)26)14-7-10-24(11-8-14)21(29)30-22(2,3)4/h13-14H,5-12H2,1-4H3,(H,27,28). The number of carbonyl (C=O) groups is 3. The lowest BCUT2D eigenvalue weighted by Gasteiger charge is -2.40. The van der Waals surface area contributed by atoms with Gasteiger partial charge in [-0.25, -0.2) is 9.59 Å². The van der Waals surface area contributed by atoms with Crippen LogP contribution in [-0.4, -0.2) is 69.1 Å². The van der Waals surface area contributed by atoms with Crippen molar-refractivity contribution >= 4 is 18.0 Å². The number of hydrogen-bond donors (Lipinski definition) is 1. The number of aromatic carboxylic acids is 1. The summed E-state index contributed by atoms with van der Waals surface area (Å²) in [5, 5.41) is 9.54. The lowest BCUT2D eigenvalue weighted by molar-refractivity contribution is 0.0144. The highest BCUT2D eigenvalue weighted by Crippen LogP contribution is 2.27. The maximum Gasteiger partial charge on any atom is 0.410 e. The van der Waals surface area contributed by atoms with Crippen LogP contribution in [0, 0.1) is 0 Å². The molecular formula is C22H31N3O5. The summed E-state index contributed by atoms with van der Waals surface area (Å²) in [6.07, 6.45) is 3.01. The number of ether oxygens (including phenoxy) is 1. The average Bonchev–Trinajstić information content (AvgIpc) is 2.67. The largest absolute Gasteiger partial charge is 0.478 e. The Morgan fingerprint density at radius 1 is 1.23 bits per heavy atom. The SMILES string of the molecule is CCCc1nc2c(cc1C(=O)O)C(=O)N(C1CCN(C(=O)OC(C)(C)C)CC1)CC2. The first-order valence-electron chi connectivity index (χ1n) is 10.7. The Morgan fingerprint density at radius 2 is 1.90 bits per heavy atom. The summed E-state index contributed by atoms with van der Waals surface area (Å²) in [6, 6.07) is 1.52. The van der Waals surface area contributed by atoms with Crippen molar-refractivity contribution in [3.63, 3.8) is 0 Å². The molecule has 0 aliphatic carbocycles. The fourth-order valence-corrected chi connectivity index (χ4v) is 4.10. The number of fused-ring (bicyclic) bond motifs is 1. The number of aromatic nitrogens is 1. The molecule has 2 aliphatic rings. The van der Waals surface area contributed by atoms with Crippen molar-refractivity contribution in [2.45, 2.75) is 71.4 Å². The molecule has 3 rings (SSSR count). The number of amides is 2. The van der Waals surface area contributed by atoms with Crippen LogP contribution in [0.1, 0.15) is 79.1 Å². The van der Waals surface area contributed by atoms with E-state index in [9.17, 15) is 19.5 Å². The monoisotopic (exact) mass is 417 g/mol. The molecule has 1 aromatic rings. The van der Waals surface area contributed by atoms with Gasteiger partial charge in [0.15, 0.2) is 0 Å². The minimum atomic E-state index is -1.05. The highest BCUT2D eigenvalue weighted by atomic mass is 16.6. The molecule has 1 saturated heterocycles. The van der Waals surface area contributed by atoms with Crippen LogP contribution in [-0.2, 0) is 17.6 Å². The van der Waals surface area contributed by atoms with Gasteiger partial charge >= 0.3 is 12.1 Å². The minimum absolute atomic E-state index is 0.0212. The summed E-state index contributed by atoms with van der Waals surface area (Å²) < 4.78 is 5.43. The molecule has 0 unspecified atom stereocenters. The summed E-state index contributed by atoms with van der Waals surface area (Å²) >= 11 is 0. The first-order valence-corrected chi connectivity index (χ1v) is 10.7. The average molecular weight is 418 g/mol. The number of hydrogen-bond acceptors (Lipinski definition) is 5. The maximum absolute atomic E-state index is 13.2. The predicted molar refractivity (Wildman–Crippen MR) is 111 cm³/mol. The van der Waals surface area contributed by atoms with Gasteiger partial charge in [-0.15, -0.1) is 0 Å². The molecule has 30 heavy (non-hydrogen) atoms. The fourth-order valence-electron chi connectivity index (χ4n) is 4.10. The number of carboxylic acid groups (broad SMARTS) is 1. The van der Waals surface area contributed by atoms with Gasteiger partial charge in [-0.2, -0.15) is 0 Å². The van der Waals surface area contributed by atoms with Gasteiger partial charge in [-0.3, -0.25) is 9.78 Å². The van der Waals surface area contributed by atoms with Crippen LogP contribution in [0.25, 0.3) is 0 Å². The third-order valence-corrected chi connectivity index (χ3v) is 5.54. The van der Waals surface area contributed by atoms with E-state index in [2.05, 4.69) is 4.98 Å². The molecule has 0 aromatic carbocycles. The number of carboxylic acids is 1. The second kappa shape index (κ2) is 8.62. The zero-order chi connectivity index (χ0) is 22.1. The summed E-state index contributed by atoms with van der Waals surface area (Å²) in [7, 11) is 0. The quantitative estimate of drug-likeness (QED) is 0.808. The van der Waals surface area contributed by atoms with Crippen LogP contribution in [0.5, 0.6) is 0 Å². The fraction of sp³-hybridized carbons (Fsp3) is 0.636. The second-order valence-electron chi connectivity index (χ2n) is 8.98. The molecule has 8 nitrogen and oxygen atoms in total. The van der Waals surface area contributed by atoms with E-state index in [4.69, 9.17) is 4.74 Å². The van der Waals surface area contributed by atoms with Crippen molar-refractivity contribution in [3.8, 4) is 0 Å². The van der Waals surface area contributed by atoms with E-state index in [1.54, 1.807) is 4.90 Å². The van der Waals surface area contributed by atoms with Crippen LogP contribution in [0.3, 0.4) is 0 Å². The zero-order valence-electron chi connectivity index (χ0n) is 18.2. The van der Waals surface area contributed by atoms with Crippen LogP contribution >= 0.6 is 0 Å². The van der Waals surface area contributed by atoms with E-state index in [0.717, 1.165) is 6.42 Å². The van der Waals surface area contributed by atoms with Crippen LogP contribution in [0.2, 0.25) is 0 Å². The molecule has 1 fully saturated rings. The van der Waals surface area contributed by atoms with Crippen LogP contribution < -0.4 is 0 Å². The van der Waals surface area contributed by atoms with Crippen LogP contribution in [0.4, 0.5) is 4.79 Å². The number of aryl methyl sites for hydroxylation is 1. The summed E-state index contributed by atoms with van der Waals surface area (Å²) in [4.78, 5) is 45.1. The van der Waals surface area contributed by atoms with Gasteiger partial charge in [0.1, 0.15) is 5.60 Å². The maximum atomic E-state index is 13.2. The molecular weight excluding hydrogens is 386 g/mol. The van der Waals surface area contributed by atoms with E-state index in [1.165, 1.54) is 6.07 Å². The van der Waals surface area contributed by atoms with Crippen molar-refractivity contribution in [2.75, 3.05) is 19.6 Å². The van der Waals surface area contributed by atoms with Gasteiger partial charge in [0.2, 0.25) is 0 Å². The molecule has 0 spiro atoms. The molecule has 2 aliphatic heterocycles. The highest BCUT2D eigenvalue weighted by Gasteiger charge is 2.35. The Kier molecular flexibility index (Phi) is 6.33. The number of piperidine rings is 1. The van der Waals surface area contributed by atoms with Crippen molar-refractivity contribution < 1.29 is 24.2 Å². The van der Waals surface area contributed by atoms with E-state index in [-0.39, 0.29) is 23.6 Å². The first kappa shape index (κ1) is 22.1. The van der Waals surface area contributed by atoms with E-state index in [0.29, 0.717) is 62.3 Å². The number of rotatable bonds is 4. The Labute approximate surface area is 177 Å². The molecule has 0 saturated carbocycles. The summed E-state index contributed by atoms with van der Waals surface area (Å²) in [6.45, 7) is 9.12. The van der Waals surface area contributed by atoms with Crippen LogP contribution in [0.15, 0.2) is 6.07 Å². The molecule has 0 radical (unpaired) electrons. The van der Waals surface area contributed by atoms with Crippen molar-refractivity contribution in [2.24, 2.45) is 0 Å². The topological polar surface area (TPSA) is 100 Å². The Bertz CT molecular complexity index is 838. The Morgan fingerprint density at radius 3 is 2.47 bits per heavy atom. The number of nitrogens with zero attached hydrogens (tertiary/aromatic N) is 3. The number of carbonyl (C=O) groups excluding carboxylic acids is 2. The molecule has 3 heterocycles. The number of likely N-dealkylation sites (tertiary alicyclic amines) is 1. The summed E-state index contributed by atoms with van der Waals surface area (Å²) in [5.41, 5.74) is 1.22. The van der Waals surface area contributed by atoms with Crippen molar-refractivity contribution in [1.82, 2.24) is 14.8 Å². The molecule has 2 amide bonds. The van der Waals surface area contributed by atoms with Gasteiger partial charge in [0.05, 0.1) is 22.5 Å². The second-order valence-corrected chi connectivity index (χ2v) is 8.98. The zero-order valence-corrected chi connectivity index (χ0v) is 18.2. The molecule has 164 valence electrons. The lowest BCUT2D eigenvalue weighted by Crippen LogP contribution is -2.51. The summed E-state index contributed by atoms with van der Waals surface area (Å²) in [5.74, 6) is -1.21. The van der Waals surface area contributed by atoms with Gasteiger partial charge in [0, 0.05) is 32.1 Å². The van der Waals surface area contributed by atoms with E-state index in [1.807, 2.05) is 32.6 Å². The van der Waals surface area contributed by atoms with Gasteiger partial charge in [0.25, 0.3) is 5.91 Å². The molecule has 8 heteroatoms. The van der Waals surface area contributed by atoms with E-state index < -0.39 is 11.6 Å². The minimum Gasteiger partial charge on any atom is -0.478 e. The van der Waals surface area contributed by atoms with Gasteiger partial charge < -0.3 is 19.6 Å². The smallest absolute Gasteiger partial charge is 0.410 e. The lowest BCUT2D eigenvalue weighted by atomic mass is 9.95. The van der Waals surface area contributed by atoms with Crippen molar-refractivity contribution in [3.05, 3.63) is 28.6 Å². The predicted octanol–water partition coefficient (Wildman–Crippen LogP) is 3.13.